The van der Waals surface area contributed by atoms with Crippen LogP contribution in [0.3, 0.4) is 0 Å². The molecule has 0 radical (unpaired) electrons. The van der Waals surface area contributed by atoms with Crippen molar-refractivity contribution in [3.05, 3.63) is 0 Å². The first-order valence-electron chi connectivity index (χ1n) is 7.94. The van der Waals surface area contributed by atoms with Crippen molar-refractivity contribution in [1.82, 2.24) is 5.32 Å². The Balaban J connectivity index is 3.61. The molecule has 0 aromatic carbocycles. The topological polar surface area (TPSA) is 47.6 Å². The van der Waals surface area contributed by atoms with E-state index < -0.39 is 0 Å². The lowest BCUT2D eigenvalue weighted by molar-refractivity contribution is -0.122. The Kier molecular flexibility index (Phi) is 12.0. The summed E-state index contributed by atoms with van der Waals surface area (Å²) in [6, 6.07) is 0. The molecule has 0 fully saturated rings. The number of carbonyl (C=O) groups excluding carboxylic acids is 1. The van der Waals surface area contributed by atoms with Crippen molar-refractivity contribution < 1.29 is 14.3 Å². The van der Waals surface area contributed by atoms with E-state index in [1.165, 1.54) is 0 Å². The van der Waals surface area contributed by atoms with Crippen LogP contribution >= 0.6 is 0 Å². The van der Waals surface area contributed by atoms with Crippen LogP contribution in [0.2, 0.25) is 0 Å². The molecule has 2 unspecified atom stereocenters. The van der Waals surface area contributed by atoms with Crippen molar-refractivity contribution in [3.63, 3.8) is 0 Å². The number of ketones is 1. The molecule has 4 heteroatoms. The minimum atomic E-state index is 0.131. The van der Waals surface area contributed by atoms with Crippen LogP contribution in [0.5, 0.6) is 0 Å². The zero-order chi connectivity index (χ0) is 15.4. The molecule has 0 saturated carbocycles. The maximum Gasteiger partial charge on any atom is 0.136 e. The maximum absolute atomic E-state index is 11.9. The van der Waals surface area contributed by atoms with Gasteiger partial charge >= 0.3 is 0 Å². The Morgan fingerprint density at radius 1 is 1.05 bits per heavy atom. The van der Waals surface area contributed by atoms with Crippen LogP contribution < -0.4 is 5.32 Å². The number of carbonyl (C=O) groups is 1. The largest absolute Gasteiger partial charge is 0.376 e. The third-order valence-corrected chi connectivity index (χ3v) is 3.29. The van der Waals surface area contributed by atoms with Crippen LogP contribution in [0.1, 0.15) is 53.9 Å². The van der Waals surface area contributed by atoms with Crippen LogP contribution in [0.4, 0.5) is 0 Å². The molecule has 0 heterocycles. The molecule has 0 rings (SSSR count). The van der Waals surface area contributed by atoms with E-state index in [1.807, 2.05) is 20.8 Å². The first-order valence-corrected chi connectivity index (χ1v) is 7.94. The average Bonchev–Trinajstić information content (AvgIpc) is 2.40. The third kappa shape index (κ3) is 11.4. The number of Topliss-reactive ketones (excluding diaryl/α,β-unsaturated/α-hetero) is 1. The summed E-state index contributed by atoms with van der Waals surface area (Å²) in [5.41, 5.74) is 0. The van der Waals surface area contributed by atoms with Gasteiger partial charge in [-0.25, -0.2) is 0 Å². The summed E-state index contributed by atoms with van der Waals surface area (Å²) in [7, 11) is 0. The van der Waals surface area contributed by atoms with Gasteiger partial charge in [0.25, 0.3) is 0 Å². The molecule has 0 aromatic heterocycles. The average molecular weight is 287 g/mol. The van der Waals surface area contributed by atoms with Gasteiger partial charge in [0.15, 0.2) is 0 Å². The molecule has 120 valence electrons. The van der Waals surface area contributed by atoms with E-state index in [-0.39, 0.29) is 18.1 Å². The molecular weight excluding hydrogens is 254 g/mol. The van der Waals surface area contributed by atoms with Crippen LogP contribution in [-0.2, 0) is 14.3 Å². The minimum absolute atomic E-state index is 0.131. The normalized spacial score (nSPS) is 14.5. The number of ether oxygens (including phenoxy) is 2. The zero-order valence-corrected chi connectivity index (χ0v) is 13.9. The summed E-state index contributed by atoms with van der Waals surface area (Å²) in [5.74, 6) is 0.480. The Hall–Kier alpha value is -0.450. The molecule has 0 aliphatic heterocycles. The van der Waals surface area contributed by atoms with E-state index in [4.69, 9.17) is 9.47 Å². The van der Waals surface area contributed by atoms with Gasteiger partial charge in [0.2, 0.25) is 0 Å². The Morgan fingerprint density at radius 3 is 2.30 bits per heavy atom. The molecule has 20 heavy (non-hydrogen) atoms. The predicted molar refractivity (Wildman–Crippen MR) is 83.1 cm³/mol. The van der Waals surface area contributed by atoms with Crippen LogP contribution in [0.25, 0.3) is 0 Å². The van der Waals surface area contributed by atoms with E-state index in [0.717, 1.165) is 25.9 Å². The van der Waals surface area contributed by atoms with E-state index in [1.54, 1.807) is 0 Å². The van der Waals surface area contributed by atoms with E-state index >= 15 is 0 Å². The quantitative estimate of drug-likeness (QED) is 0.529. The summed E-state index contributed by atoms with van der Waals surface area (Å²) < 4.78 is 11.1. The first-order chi connectivity index (χ1) is 9.47. The lowest BCUT2D eigenvalue weighted by Gasteiger charge is -2.16. The molecule has 0 bridgehead atoms. The number of hydrogen-bond acceptors (Lipinski definition) is 4. The Labute approximate surface area is 124 Å². The monoisotopic (exact) mass is 287 g/mol. The lowest BCUT2D eigenvalue weighted by Crippen LogP contribution is -2.22. The molecular formula is C16H33NO3. The number of nitrogens with one attached hydrogen (secondary N) is 1. The Bertz CT molecular complexity index is 244. The fourth-order valence-corrected chi connectivity index (χ4v) is 1.90. The lowest BCUT2D eigenvalue weighted by atomic mass is 9.97. The van der Waals surface area contributed by atoms with Gasteiger partial charge in [0, 0.05) is 18.9 Å². The summed E-state index contributed by atoms with van der Waals surface area (Å²) in [6.07, 6.45) is 2.90. The van der Waals surface area contributed by atoms with Crippen molar-refractivity contribution in [2.24, 2.45) is 5.92 Å². The van der Waals surface area contributed by atoms with Crippen molar-refractivity contribution in [2.45, 2.75) is 66.1 Å². The summed E-state index contributed by atoms with van der Waals surface area (Å²) >= 11 is 0. The summed E-state index contributed by atoms with van der Waals surface area (Å²) in [5, 5.41) is 3.18. The van der Waals surface area contributed by atoms with Crippen molar-refractivity contribution in [2.75, 3.05) is 26.3 Å². The second kappa shape index (κ2) is 12.3. The van der Waals surface area contributed by atoms with Gasteiger partial charge in [0.1, 0.15) is 5.78 Å². The highest BCUT2D eigenvalue weighted by Crippen LogP contribution is 2.12. The predicted octanol–water partition coefficient (Wildman–Crippen LogP) is 2.80. The van der Waals surface area contributed by atoms with Crippen molar-refractivity contribution >= 4 is 5.78 Å². The fraction of sp³-hybridized carbons (Fsp3) is 0.938. The molecule has 0 amide bonds. The van der Waals surface area contributed by atoms with Gasteiger partial charge in [-0.05, 0) is 40.2 Å². The third-order valence-electron chi connectivity index (χ3n) is 3.29. The second-order valence-corrected chi connectivity index (χ2v) is 5.65. The van der Waals surface area contributed by atoms with Crippen LogP contribution in [0, 0.1) is 5.92 Å². The molecule has 2 atom stereocenters. The minimum Gasteiger partial charge on any atom is -0.376 e. The molecule has 4 nitrogen and oxygen atoms in total. The zero-order valence-electron chi connectivity index (χ0n) is 13.9. The highest BCUT2D eigenvalue weighted by molar-refractivity contribution is 5.80. The number of hydrogen-bond donors (Lipinski definition) is 1. The highest BCUT2D eigenvalue weighted by atomic mass is 16.5. The van der Waals surface area contributed by atoms with Gasteiger partial charge in [-0.3, -0.25) is 4.79 Å². The molecule has 0 aromatic rings. The smallest absolute Gasteiger partial charge is 0.136 e. The summed E-state index contributed by atoms with van der Waals surface area (Å²) in [4.78, 5) is 11.9. The SMILES string of the molecule is CCNCCC(=O)C(C)CCC(C)OCCOC(C)C. The van der Waals surface area contributed by atoms with Gasteiger partial charge in [0.05, 0.1) is 25.4 Å². The second-order valence-electron chi connectivity index (χ2n) is 5.65. The van der Waals surface area contributed by atoms with E-state index in [9.17, 15) is 4.79 Å². The molecule has 1 N–H and O–H groups in total. The molecule has 0 spiro atoms. The van der Waals surface area contributed by atoms with Gasteiger partial charge < -0.3 is 14.8 Å². The van der Waals surface area contributed by atoms with E-state index in [2.05, 4.69) is 19.2 Å². The number of rotatable bonds is 13. The van der Waals surface area contributed by atoms with Gasteiger partial charge in [-0.1, -0.05) is 13.8 Å². The standard InChI is InChI=1S/C16H33NO3/c1-6-17-10-9-16(18)14(4)7-8-15(5)20-12-11-19-13(2)3/h13-15,17H,6-12H2,1-5H3. The van der Waals surface area contributed by atoms with Crippen molar-refractivity contribution in [1.29, 1.82) is 0 Å². The van der Waals surface area contributed by atoms with E-state index in [0.29, 0.717) is 25.4 Å². The first kappa shape index (κ1) is 19.6. The highest BCUT2D eigenvalue weighted by Gasteiger charge is 2.14. The Morgan fingerprint density at radius 2 is 1.70 bits per heavy atom. The molecule has 0 aliphatic carbocycles. The van der Waals surface area contributed by atoms with Crippen molar-refractivity contribution in [3.8, 4) is 0 Å². The van der Waals surface area contributed by atoms with Gasteiger partial charge in [-0.15, -0.1) is 0 Å². The molecule has 0 aliphatic rings. The maximum atomic E-state index is 11.9. The van der Waals surface area contributed by atoms with Crippen LogP contribution in [-0.4, -0.2) is 44.3 Å². The van der Waals surface area contributed by atoms with Crippen LogP contribution in [0.15, 0.2) is 0 Å². The van der Waals surface area contributed by atoms with Gasteiger partial charge in [-0.2, -0.15) is 0 Å². The fourth-order valence-electron chi connectivity index (χ4n) is 1.90. The summed E-state index contributed by atoms with van der Waals surface area (Å²) in [6.45, 7) is 13.1. The molecule has 0 saturated heterocycles.